The summed E-state index contributed by atoms with van der Waals surface area (Å²) in [6, 6.07) is 4.14. The molecule has 0 radical (unpaired) electrons. The predicted molar refractivity (Wildman–Crippen MR) is 186 cm³/mol. The van der Waals surface area contributed by atoms with Crippen molar-refractivity contribution >= 4 is 39.5 Å². The number of benzene rings is 2. The average molecular weight is 774 g/mol. The molecule has 18 heteroatoms. The van der Waals surface area contributed by atoms with Crippen LogP contribution in [-0.2, 0) is 4.79 Å². The Morgan fingerprint density at radius 2 is 1.93 bits per heavy atom. The normalized spacial score (nSPS) is 22.0. The van der Waals surface area contributed by atoms with Gasteiger partial charge in [0.1, 0.15) is 47.5 Å². The Labute approximate surface area is 309 Å². The molecule has 4 atom stereocenters. The molecule has 3 aliphatic rings. The van der Waals surface area contributed by atoms with Crippen molar-refractivity contribution in [3.63, 3.8) is 0 Å². The maximum atomic E-state index is 17.0. The molecule has 3 fully saturated rings. The van der Waals surface area contributed by atoms with Crippen LogP contribution in [0.25, 0.3) is 32.9 Å². The first kappa shape index (κ1) is 37.9. The monoisotopic (exact) mass is 773 g/mol. The number of pyridine rings is 1. The van der Waals surface area contributed by atoms with Gasteiger partial charge in [0, 0.05) is 63.7 Å². The zero-order chi connectivity index (χ0) is 39.4. The molecule has 4 heterocycles. The average Bonchev–Trinajstić information content (AvgIpc) is 3.62. The number of rotatable bonds is 10. The Balaban J connectivity index is 1.28. The van der Waals surface area contributed by atoms with Crippen LogP contribution in [0.3, 0.4) is 0 Å². The number of hydrogen-bond donors (Lipinski definition) is 1. The van der Waals surface area contributed by atoms with Crippen molar-refractivity contribution < 1.29 is 49.8 Å². The maximum absolute atomic E-state index is 17.0. The number of aromatic nitrogens is 3. The molecular formula is C37H34F7N7O4. The lowest BCUT2D eigenvalue weighted by Crippen LogP contribution is -2.43. The first-order valence-corrected chi connectivity index (χ1v) is 17.4. The molecule has 4 aromatic rings. The van der Waals surface area contributed by atoms with Crippen molar-refractivity contribution in [1.29, 1.82) is 0 Å². The zero-order valence-electron chi connectivity index (χ0n) is 29.5. The Bertz CT molecular complexity index is 2230. The van der Waals surface area contributed by atoms with E-state index in [4.69, 9.17) is 15.9 Å². The van der Waals surface area contributed by atoms with Crippen LogP contribution in [0, 0.1) is 24.0 Å². The van der Waals surface area contributed by atoms with Crippen LogP contribution in [0.5, 0.6) is 11.8 Å². The minimum absolute atomic E-state index is 0.0306. The molecule has 2 amide bonds. The van der Waals surface area contributed by atoms with Gasteiger partial charge >= 0.3 is 24.2 Å². The third-order valence-electron chi connectivity index (χ3n) is 10.3. The summed E-state index contributed by atoms with van der Waals surface area (Å²) in [5.41, 5.74) is -1.59. The topological polar surface area (TPSA) is 113 Å². The molecule has 11 nitrogen and oxygen atoms in total. The Hall–Kier alpha value is -5.44. The second-order valence-corrected chi connectivity index (χ2v) is 14.0. The first-order valence-electron chi connectivity index (χ1n) is 17.4. The number of nitrogens with zero attached hydrogens (tertiary/aromatic N) is 6. The van der Waals surface area contributed by atoms with E-state index in [2.05, 4.69) is 20.9 Å². The molecule has 290 valence electrons. The molecule has 1 N–H and O–H groups in total. The van der Waals surface area contributed by atoms with E-state index in [9.17, 15) is 31.5 Å². The molecule has 0 unspecified atom stereocenters. The highest BCUT2D eigenvalue weighted by atomic mass is 19.4. The summed E-state index contributed by atoms with van der Waals surface area (Å²) in [6.45, 7) is 0.101. The van der Waals surface area contributed by atoms with E-state index in [0.717, 1.165) is 17.4 Å². The Morgan fingerprint density at radius 1 is 1.16 bits per heavy atom. The Morgan fingerprint density at radius 3 is 2.64 bits per heavy atom. The standard InChI is InChI=1S/C37H34F7N7O4/c1-4-22-25(39)7-6-19-12-21(55-35(53)49(2)11-9-45-33(52)37(42,43)44)13-23(28(19)22)30-29(41)31-24(16-46-30)32(50(3)27-14-26(27)40)48-34(47-31)54-18-36-8-5-10-51(36)17-20(38)15-36/h1,6-7,12-13,16,20,26-27H,5,8-11,14-15,17-18H2,2-3H3,(H,45,52)/t20-,26+,27+,36+/m1/s1. The quantitative estimate of drug-likeness (QED) is 0.160. The predicted octanol–water partition coefficient (Wildman–Crippen LogP) is 5.72. The van der Waals surface area contributed by atoms with Gasteiger partial charge in [-0.3, -0.25) is 14.7 Å². The van der Waals surface area contributed by atoms with Crippen molar-refractivity contribution in [2.75, 3.05) is 51.8 Å². The van der Waals surface area contributed by atoms with Gasteiger partial charge in [-0.15, -0.1) is 6.42 Å². The molecule has 1 aliphatic carbocycles. The van der Waals surface area contributed by atoms with Crippen LogP contribution in [-0.4, -0.2) is 114 Å². The van der Waals surface area contributed by atoms with E-state index in [0.29, 0.717) is 13.0 Å². The fourth-order valence-electron chi connectivity index (χ4n) is 7.41. The number of terminal acetylenes is 1. The summed E-state index contributed by atoms with van der Waals surface area (Å²) < 4.78 is 110. The van der Waals surface area contributed by atoms with Gasteiger partial charge in [0.25, 0.3) is 0 Å². The highest BCUT2D eigenvalue weighted by Gasteiger charge is 2.49. The van der Waals surface area contributed by atoms with Crippen LogP contribution in [0.2, 0.25) is 0 Å². The SMILES string of the molecule is C#Cc1c(F)ccc2cc(OC(=O)N(C)CCNC(=O)C(F)(F)F)cc(-c3ncc4c(N(C)[C@H]5C[C@@H]5F)nc(OC[C@@]56CCCN5C[C@H](F)C6)nc4c3F)c12. The minimum atomic E-state index is -5.11. The van der Waals surface area contributed by atoms with Crippen LogP contribution in [0.15, 0.2) is 30.5 Å². The van der Waals surface area contributed by atoms with Gasteiger partial charge in [-0.2, -0.15) is 23.1 Å². The van der Waals surface area contributed by atoms with Crippen molar-refractivity contribution in [2.24, 2.45) is 0 Å². The van der Waals surface area contributed by atoms with Gasteiger partial charge in [0.05, 0.1) is 22.5 Å². The van der Waals surface area contributed by atoms with E-state index in [1.165, 1.54) is 31.4 Å². The molecule has 2 saturated heterocycles. The van der Waals surface area contributed by atoms with Crippen molar-refractivity contribution in [1.82, 2.24) is 30.1 Å². The number of hydrogen-bond acceptors (Lipinski definition) is 9. The van der Waals surface area contributed by atoms with Crippen molar-refractivity contribution in [3.8, 4) is 35.4 Å². The van der Waals surface area contributed by atoms with Gasteiger partial charge in [-0.25, -0.2) is 22.4 Å². The van der Waals surface area contributed by atoms with E-state index >= 15 is 8.78 Å². The van der Waals surface area contributed by atoms with Crippen LogP contribution < -0.4 is 19.7 Å². The molecule has 2 aromatic heterocycles. The summed E-state index contributed by atoms with van der Waals surface area (Å²) >= 11 is 0. The number of halogens is 7. The van der Waals surface area contributed by atoms with Gasteiger partial charge in [0.15, 0.2) is 5.82 Å². The van der Waals surface area contributed by atoms with Gasteiger partial charge in [-0.1, -0.05) is 12.0 Å². The number of nitrogens with one attached hydrogen (secondary N) is 1. The lowest BCUT2D eigenvalue weighted by molar-refractivity contribution is -0.173. The number of alkyl halides is 5. The molecule has 2 aromatic carbocycles. The first-order chi connectivity index (χ1) is 26.1. The van der Waals surface area contributed by atoms with Gasteiger partial charge in [0.2, 0.25) is 0 Å². The summed E-state index contributed by atoms with van der Waals surface area (Å²) in [5.74, 6) is -1.79. The van der Waals surface area contributed by atoms with Gasteiger partial charge < -0.3 is 24.6 Å². The molecular weight excluding hydrogens is 739 g/mol. The molecule has 55 heavy (non-hydrogen) atoms. The highest BCUT2D eigenvalue weighted by Crippen LogP contribution is 2.43. The fourth-order valence-corrected chi connectivity index (χ4v) is 7.41. The molecule has 7 rings (SSSR count). The zero-order valence-corrected chi connectivity index (χ0v) is 29.5. The number of likely N-dealkylation sites (N-methyl/N-ethyl adjacent to an activating group) is 1. The second-order valence-electron chi connectivity index (χ2n) is 14.0. The van der Waals surface area contributed by atoms with E-state index in [1.807, 2.05) is 4.90 Å². The summed E-state index contributed by atoms with van der Waals surface area (Å²) in [6.07, 6.45) is 0.654. The highest BCUT2D eigenvalue weighted by molar-refractivity contribution is 6.03. The second kappa shape index (κ2) is 14.3. The lowest BCUT2D eigenvalue weighted by atomic mass is 9.95. The number of amides is 2. The van der Waals surface area contributed by atoms with Crippen LogP contribution in [0.4, 0.5) is 41.3 Å². The smallest absolute Gasteiger partial charge is 0.461 e. The summed E-state index contributed by atoms with van der Waals surface area (Å²) in [5, 5.41) is 2.01. The molecule has 0 bridgehead atoms. The third kappa shape index (κ3) is 7.24. The molecule has 1 saturated carbocycles. The number of carbonyl (C=O) groups is 2. The van der Waals surface area contributed by atoms with E-state index in [1.54, 1.807) is 17.3 Å². The molecule has 2 aliphatic heterocycles. The lowest BCUT2D eigenvalue weighted by Gasteiger charge is -2.31. The van der Waals surface area contributed by atoms with E-state index in [-0.39, 0.29) is 88.6 Å². The number of anilines is 1. The number of fused-ring (bicyclic) bond motifs is 3. The van der Waals surface area contributed by atoms with Crippen LogP contribution in [0.1, 0.15) is 31.2 Å². The fraction of sp³-hybridized carbons (Fsp3) is 0.432. The Kier molecular flexibility index (Phi) is 9.86. The minimum Gasteiger partial charge on any atom is -0.461 e. The van der Waals surface area contributed by atoms with Crippen molar-refractivity contribution in [2.45, 2.75) is 55.8 Å². The van der Waals surface area contributed by atoms with Crippen molar-refractivity contribution in [3.05, 3.63) is 47.7 Å². The maximum Gasteiger partial charge on any atom is 0.471 e. The van der Waals surface area contributed by atoms with Crippen LogP contribution >= 0.6 is 0 Å². The summed E-state index contributed by atoms with van der Waals surface area (Å²) in [7, 11) is 2.81. The van der Waals surface area contributed by atoms with E-state index < -0.39 is 60.3 Å². The molecule has 0 spiro atoms. The third-order valence-corrected chi connectivity index (χ3v) is 10.3. The van der Waals surface area contributed by atoms with Gasteiger partial charge in [-0.05, 0) is 43.0 Å². The summed E-state index contributed by atoms with van der Waals surface area (Å²) in [4.78, 5) is 41.8. The number of carbonyl (C=O) groups excluding carboxylic acids is 2. The largest absolute Gasteiger partial charge is 0.471 e. The number of ether oxygens (including phenoxy) is 2.